The van der Waals surface area contributed by atoms with Crippen molar-refractivity contribution in [3.05, 3.63) is 17.5 Å². The van der Waals surface area contributed by atoms with E-state index in [9.17, 15) is 4.79 Å². The molecule has 0 aliphatic heterocycles. The van der Waals surface area contributed by atoms with Gasteiger partial charge >= 0.3 is 0 Å². The summed E-state index contributed by atoms with van der Waals surface area (Å²) in [4.78, 5) is 10.5. The van der Waals surface area contributed by atoms with Crippen molar-refractivity contribution >= 4 is 6.29 Å². The lowest BCUT2D eigenvalue weighted by Crippen LogP contribution is -2.04. The number of carbonyl (C=O) groups is 1. The van der Waals surface area contributed by atoms with Crippen molar-refractivity contribution in [2.24, 2.45) is 0 Å². The van der Waals surface area contributed by atoms with Gasteiger partial charge in [-0.1, -0.05) is 6.92 Å². The zero-order valence-corrected chi connectivity index (χ0v) is 7.99. The van der Waals surface area contributed by atoms with E-state index in [2.05, 4.69) is 5.10 Å². The molecule has 13 heavy (non-hydrogen) atoms. The van der Waals surface area contributed by atoms with Crippen molar-refractivity contribution in [2.75, 3.05) is 6.61 Å². The van der Waals surface area contributed by atoms with Gasteiger partial charge in [-0.2, -0.15) is 5.10 Å². The van der Waals surface area contributed by atoms with Crippen LogP contribution in [0.1, 0.15) is 29.4 Å². The van der Waals surface area contributed by atoms with Gasteiger partial charge in [0, 0.05) is 12.8 Å². The molecule has 1 rings (SSSR count). The quantitative estimate of drug-likeness (QED) is 0.510. The number of aromatic nitrogens is 2. The first-order chi connectivity index (χ1) is 6.27. The molecule has 0 N–H and O–H groups in total. The molecule has 4 nitrogen and oxygen atoms in total. The van der Waals surface area contributed by atoms with Crippen LogP contribution in [-0.2, 0) is 11.5 Å². The number of nitrogens with zero attached hydrogens (tertiary/aromatic N) is 2. The third-order valence-electron chi connectivity index (χ3n) is 1.67. The highest BCUT2D eigenvalue weighted by Crippen LogP contribution is 2.01. The Kier molecular flexibility index (Phi) is 3.64. The predicted octanol–water partition coefficient (Wildman–Crippen LogP) is 1.39. The molecule has 0 unspecified atom stereocenters. The maximum atomic E-state index is 10.5. The van der Waals surface area contributed by atoms with Gasteiger partial charge in [0.1, 0.15) is 12.4 Å². The Morgan fingerprint density at radius 3 is 3.00 bits per heavy atom. The first-order valence-electron chi connectivity index (χ1n) is 4.35. The maximum Gasteiger partial charge on any atom is 0.170 e. The number of carbonyl (C=O) groups excluding carboxylic acids is 1. The van der Waals surface area contributed by atoms with E-state index in [0.29, 0.717) is 12.4 Å². The van der Waals surface area contributed by atoms with Crippen molar-refractivity contribution in [1.29, 1.82) is 0 Å². The van der Waals surface area contributed by atoms with Gasteiger partial charge in [0.15, 0.2) is 6.29 Å². The van der Waals surface area contributed by atoms with Crippen LogP contribution in [0.3, 0.4) is 0 Å². The van der Waals surface area contributed by atoms with Crippen molar-refractivity contribution in [3.8, 4) is 0 Å². The Labute approximate surface area is 77.5 Å². The van der Waals surface area contributed by atoms with Crippen LogP contribution in [0.5, 0.6) is 0 Å². The first-order valence-corrected chi connectivity index (χ1v) is 4.35. The predicted molar refractivity (Wildman–Crippen MR) is 48.6 cm³/mol. The summed E-state index contributed by atoms with van der Waals surface area (Å²) < 4.78 is 6.90. The molecule has 1 aromatic heterocycles. The van der Waals surface area contributed by atoms with Crippen LogP contribution in [-0.4, -0.2) is 22.7 Å². The van der Waals surface area contributed by atoms with Crippen molar-refractivity contribution in [2.45, 2.75) is 27.0 Å². The summed E-state index contributed by atoms with van der Waals surface area (Å²) in [5.74, 6) is 0. The van der Waals surface area contributed by atoms with E-state index in [1.165, 1.54) is 0 Å². The summed E-state index contributed by atoms with van der Waals surface area (Å²) in [6.45, 7) is 5.04. The zero-order valence-electron chi connectivity index (χ0n) is 7.99. The van der Waals surface area contributed by atoms with Crippen LogP contribution in [0, 0.1) is 6.92 Å². The smallest absolute Gasteiger partial charge is 0.170 e. The molecule has 0 spiro atoms. The van der Waals surface area contributed by atoms with Crippen LogP contribution >= 0.6 is 0 Å². The lowest BCUT2D eigenvalue weighted by molar-refractivity contribution is 0.0690. The lowest BCUT2D eigenvalue weighted by atomic mass is 10.3. The summed E-state index contributed by atoms with van der Waals surface area (Å²) in [5, 5.41) is 4.02. The van der Waals surface area contributed by atoms with Gasteiger partial charge in [0.25, 0.3) is 0 Å². The van der Waals surface area contributed by atoms with E-state index < -0.39 is 0 Å². The van der Waals surface area contributed by atoms with Crippen LogP contribution in [0.15, 0.2) is 6.20 Å². The lowest BCUT2D eigenvalue weighted by Gasteiger charge is -2.00. The molecule has 0 aliphatic rings. The number of rotatable bonds is 5. The molecule has 0 amide bonds. The molecule has 0 aliphatic carbocycles. The molecule has 0 atom stereocenters. The molecule has 72 valence electrons. The summed E-state index contributed by atoms with van der Waals surface area (Å²) in [5.41, 5.74) is 1.37. The van der Waals surface area contributed by atoms with E-state index in [0.717, 1.165) is 24.9 Å². The normalized spacial score (nSPS) is 10.3. The minimum Gasteiger partial charge on any atom is -0.359 e. The highest BCUT2D eigenvalue weighted by atomic mass is 16.5. The van der Waals surface area contributed by atoms with Crippen LogP contribution in [0.2, 0.25) is 0 Å². The Morgan fingerprint density at radius 1 is 1.69 bits per heavy atom. The van der Waals surface area contributed by atoms with E-state index in [-0.39, 0.29) is 0 Å². The van der Waals surface area contributed by atoms with Crippen molar-refractivity contribution < 1.29 is 9.53 Å². The first kappa shape index (κ1) is 9.92. The van der Waals surface area contributed by atoms with Gasteiger partial charge in [0.05, 0.1) is 0 Å². The molecular weight excluding hydrogens is 168 g/mol. The fraction of sp³-hybridized carbons (Fsp3) is 0.556. The Balaban J connectivity index is 2.52. The van der Waals surface area contributed by atoms with E-state index in [4.69, 9.17) is 4.74 Å². The van der Waals surface area contributed by atoms with Gasteiger partial charge in [0.2, 0.25) is 0 Å². The third kappa shape index (κ3) is 2.66. The highest BCUT2D eigenvalue weighted by Gasteiger charge is 2.02. The summed E-state index contributed by atoms with van der Waals surface area (Å²) in [6.07, 6.45) is 3.55. The molecule has 0 saturated heterocycles. The number of aldehydes is 1. The number of ether oxygens (including phenoxy) is 1. The van der Waals surface area contributed by atoms with Crippen molar-refractivity contribution in [3.63, 3.8) is 0 Å². The second kappa shape index (κ2) is 4.77. The molecule has 0 aromatic carbocycles. The topological polar surface area (TPSA) is 44.1 Å². The Hall–Kier alpha value is -1.16. The standard InChI is InChI=1S/C9H14N2O2/c1-3-4-13-7-11-5-8(2)9(6-12)10-11/h5-6H,3-4,7H2,1-2H3. The fourth-order valence-corrected chi connectivity index (χ4v) is 1.02. The number of hydrogen-bond acceptors (Lipinski definition) is 3. The summed E-state index contributed by atoms with van der Waals surface area (Å²) in [6, 6.07) is 0. The monoisotopic (exact) mass is 182 g/mol. The SMILES string of the molecule is CCCOCn1cc(C)c(C=O)n1. The van der Waals surface area contributed by atoms with E-state index >= 15 is 0 Å². The van der Waals surface area contributed by atoms with Crippen LogP contribution < -0.4 is 0 Å². The van der Waals surface area contributed by atoms with Gasteiger partial charge < -0.3 is 4.74 Å². The summed E-state index contributed by atoms with van der Waals surface area (Å²) in [7, 11) is 0. The number of aryl methyl sites for hydroxylation is 1. The Bertz CT molecular complexity index is 281. The molecule has 0 radical (unpaired) electrons. The van der Waals surface area contributed by atoms with Gasteiger partial charge in [-0.05, 0) is 18.9 Å². The molecule has 0 bridgehead atoms. The third-order valence-corrected chi connectivity index (χ3v) is 1.67. The highest BCUT2D eigenvalue weighted by molar-refractivity contribution is 5.73. The van der Waals surface area contributed by atoms with E-state index in [1.807, 2.05) is 13.8 Å². The van der Waals surface area contributed by atoms with Crippen molar-refractivity contribution in [1.82, 2.24) is 9.78 Å². The largest absolute Gasteiger partial charge is 0.359 e. The minimum atomic E-state index is 0.419. The maximum absolute atomic E-state index is 10.5. The average molecular weight is 182 g/mol. The average Bonchev–Trinajstić information content (AvgIpc) is 2.47. The molecule has 4 heteroatoms. The molecule has 1 aromatic rings. The molecular formula is C9H14N2O2. The van der Waals surface area contributed by atoms with Crippen LogP contribution in [0.25, 0.3) is 0 Å². The second-order valence-corrected chi connectivity index (χ2v) is 2.89. The zero-order chi connectivity index (χ0) is 9.68. The van der Waals surface area contributed by atoms with Crippen LogP contribution in [0.4, 0.5) is 0 Å². The minimum absolute atomic E-state index is 0.419. The number of hydrogen-bond donors (Lipinski definition) is 0. The van der Waals surface area contributed by atoms with Gasteiger partial charge in [-0.3, -0.25) is 4.79 Å². The van der Waals surface area contributed by atoms with E-state index in [1.54, 1.807) is 10.9 Å². The molecule has 1 heterocycles. The second-order valence-electron chi connectivity index (χ2n) is 2.89. The van der Waals surface area contributed by atoms with Gasteiger partial charge in [-0.15, -0.1) is 0 Å². The van der Waals surface area contributed by atoms with Gasteiger partial charge in [-0.25, -0.2) is 4.68 Å². The molecule has 0 fully saturated rings. The Morgan fingerprint density at radius 2 is 2.46 bits per heavy atom. The fourth-order valence-electron chi connectivity index (χ4n) is 1.02. The molecule has 0 saturated carbocycles. The summed E-state index contributed by atoms with van der Waals surface area (Å²) >= 11 is 0.